The highest BCUT2D eigenvalue weighted by atomic mass is 16.7. The van der Waals surface area contributed by atoms with Crippen LogP contribution in [0.25, 0.3) is 11.0 Å². The number of hydrogen-bond acceptors (Lipinski definition) is 6. The van der Waals surface area contributed by atoms with Crippen LogP contribution in [0.4, 0.5) is 11.4 Å². The Kier molecular flexibility index (Phi) is 5.90. The van der Waals surface area contributed by atoms with E-state index in [4.69, 9.17) is 4.84 Å². The van der Waals surface area contributed by atoms with Crippen LogP contribution in [-0.2, 0) is 6.54 Å². The Labute approximate surface area is 158 Å². The lowest BCUT2D eigenvalue weighted by molar-refractivity contribution is 0.108. The van der Waals surface area contributed by atoms with Gasteiger partial charge >= 0.3 is 0 Å². The average molecular weight is 367 g/mol. The summed E-state index contributed by atoms with van der Waals surface area (Å²) in [4.78, 5) is 28.5. The molecule has 0 aliphatic carbocycles. The van der Waals surface area contributed by atoms with Crippen molar-refractivity contribution >= 4 is 22.4 Å². The van der Waals surface area contributed by atoms with Crippen LogP contribution in [0.2, 0.25) is 0 Å². The minimum Gasteiger partial charge on any atom is -0.409 e. The minimum atomic E-state index is -0.247. The molecule has 1 N–H and O–H groups in total. The Bertz CT molecular complexity index is 951. The van der Waals surface area contributed by atoms with Crippen molar-refractivity contribution in [2.24, 2.45) is 0 Å². The third kappa shape index (κ3) is 4.36. The summed E-state index contributed by atoms with van der Waals surface area (Å²) >= 11 is 0. The molecule has 7 heteroatoms. The Morgan fingerprint density at radius 1 is 1.22 bits per heavy atom. The molecule has 0 amide bonds. The molecule has 3 aromatic rings. The van der Waals surface area contributed by atoms with E-state index in [-0.39, 0.29) is 5.56 Å². The second-order valence-corrected chi connectivity index (χ2v) is 6.55. The van der Waals surface area contributed by atoms with Crippen LogP contribution < -0.4 is 20.6 Å². The summed E-state index contributed by atoms with van der Waals surface area (Å²) in [6.45, 7) is 3.14. The predicted octanol–water partition coefficient (Wildman–Crippen LogP) is 2.70. The Balaban J connectivity index is 1.84. The van der Waals surface area contributed by atoms with Gasteiger partial charge in [0.05, 0.1) is 11.1 Å². The number of hydrogen-bond donors (Lipinski definition) is 1. The van der Waals surface area contributed by atoms with E-state index in [0.29, 0.717) is 24.5 Å². The highest BCUT2D eigenvalue weighted by Gasteiger charge is 2.11. The van der Waals surface area contributed by atoms with Crippen LogP contribution in [-0.4, -0.2) is 35.4 Å². The zero-order chi connectivity index (χ0) is 19.2. The van der Waals surface area contributed by atoms with Gasteiger partial charge in [0, 0.05) is 38.6 Å². The van der Waals surface area contributed by atoms with Crippen LogP contribution >= 0.6 is 0 Å². The molecule has 0 atom stereocenters. The zero-order valence-corrected chi connectivity index (χ0v) is 16.0. The zero-order valence-electron chi connectivity index (χ0n) is 16.0. The molecular formula is C20H25N5O2. The van der Waals surface area contributed by atoms with Gasteiger partial charge in [-0.2, -0.15) is 0 Å². The number of anilines is 2. The Morgan fingerprint density at radius 3 is 2.70 bits per heavy atom. The van der Waals surface area contributed by atoms with Gasteiger partial charge in [-0.1, -0.05) is 25.5 Å². The molecule has 0 aliphatic rings. The molecule has 7 nitrogen and oxygen atoms in total. The first-order chi connectivity index (χ1) is 13.1. The van der Waals surface area contributed by atoms with Crippen LogP contribution in [0.1, 0.15) is 25.3 Å². The van der Waals surface area contributed by atoms with E-state index in [1.165, 1.54) is 17.1 Å². The normalized spacial score (nSPS) is 10.8. The van der Waals surface area contributed by atoms with Gasteiger partial charge < -0.3 is 15.1 Å². The smallest absolute Gasteiger partial charge is 0.287 e. The summed E-state index contributed by atoms with van der Waals surface area (Å²) in [6.07, 6.45) is 4.99. The van der Waals surface area contributed by atoms with E-state index in [2.05, 4.69) is 51.4 Å². The highest BCUT2D eigenvalue weighted by molar-refractivity contribution is 5.87. The molecule has 0 bridgehead atoms. The van der Waals surface area contributed by atoms with Gasteiger partial charge in [0.2, 0.25) is 0 Å². The van der Waals surface area contributed by atoms with Crippen molar-refractivity contribution in [2.45, 2.75) is 26.3 Å². The second kappa shape index (κ2) is 8.53. The maximum absolute atomic E-state index is 12.5. The predicted molar refractivity (Wildman–Crippen MR) is 108 cm³/mol. The van der Waals surface area contributed by atoms with Gasteiger partial charge in [-0.15, -0.1) is 4.73 Å². The van der Waals surface area contributed by atoms with E-state index in [1.807, 2.05) is 14.1 Å². The van der Waals surface area contributed by atoms with E-state index in [9.17, 15) is 4.79 Å². The maximum Gasteiger partial charge on any atom is 0.287 e. The van der Waals surface area contributed by atoms with Crippen LogP contribution in [0.5, 0.6) is 0 Å². The molecule has 0 aliphatic heterocycles. The van der Waals surface area contributed by atoms with Crippen molar-refractivity contribution in [1.29, 1.82) is 0 Å². The monoisotopic (exact) mass is 367 g/mol. The highest BCUT2D eigenvalue weighted by Crippen LogP contribution is 2.20. The molecule has 3 rings (SSSR count). The van der Waals surface area contributed by atoms with Crippen LogP contribution in [0.15, 0.2) is 47.7 Å². The first-order valence-electron chi connectivity index (χ1n) is 9.09. The van der Waals surface area contributed by atoms with E-state index < -0.39 is 0 Å². The third-order valence-electron chi connectivity index (χ3n) is 4.30. The van der Waals surface area contributed by atoms with E-state index in [0.717, 1.165) is 29.5 Å². The SMILES string of the molecule is CCCCOn1c(=O)cc(NCc2ccc(N(C)C)cc2)c2cncnc21. The third-order valence-corrected chi connectivity index (χ3v) is 4.30. The lowest BCUT2D eigenvalue weighted by Gasteiger charge is -2.15. The molecule has 0 saturated carbocycles. The number of benzene rings is 1. The van der Waals surface area contributed by atoms with Gasteiger partial charge in [0.1, 0.15) is 12.9 Å². The number of pyridine rings is 1. The van der Waals surface area contributed by atoms with E-state index in [1.54, 1.807) is 6.20 Å². The molecule has 0 unspecified atom stereocenters. The quantitative estimate of drug-likeness (QED) is 0.617. The molecule has 0 saturated heterocycles. The topological polar surface area (TPSA) is 72.3 Å². The summed E-state index contributed by atoms with van der Waals surface area (Å²) < 4.78 is 1.25. The molecule has 2 aromatic heterocycles. The maximum atomic E-state index is 12.5. The number of rotatable bonds is 8. The fourth-order valence-electron chi connectivity index (χ4n) is 2.72. The molecule has 0 fully saturated rings. The summed E-state index contributed by atoms with van der Waals surface area (Å²) in [5.41, 5.74) is 3.18. The lowest BCUT2D eigenvalue weighted by atomic mass is 10.2. The van der Waals surface area contributed by atoms with Crippen LogP contribution in [0.3, 0.4) is 0 Å². The molecule has 27 heavy (non-hydrogen) atoms. The van der Waals surface area contributed by atoms with Crippen molar-refractivity contribution in [3.05, 3.63) is 58.8 Å². The molecule has 2 heterocycles. The van der Waals surface area contributed by atoms with Crippen molar-refractivity contribution in [3.8, 4) is 0 Å². The van der Waals surface area contributed by atoms with Gasteiger partial charge in [-0.25, -0.2) is 9.97 Å². The van der Waals surface area contributed by atoms with Gasteiger partial charge in [0.15, 0.2) is 5.65 Å². The summed E-state index contributed by atoms with van der Waals surface area (Å²) in [5, 5.41) is 4.07. The summed E-state index contributed by atoms with van der Waals surface area (Å²) in [7, 11) is 4.02. The largest absolute Gasteiger partial charge is 0.409 e. The minimum absolute atomic E-state index is 0.247. The fourth-order valence-corrected chi connectivity index (χ4v) is 2.72. The number of nitrogens with zero attached hydrogens (tertiary/aromatic N) is 4. The molecule has 0 spiro atoms. The van der Waals surface area contributed by atoms with Crippen LogP contribution in [0, 0.1) is 0 Å². The average Bonchev–Trinajstić information content (AvgIpc) is 2.68. The Hall–Kier alpha value is -3.09. The van der Waals surface area contributed by atoms with Crippen molar-refractivity contribution in [2.75, 3.05) is 30.9 Å². The number of nitrogens with one attached hydrogen (secondary N) is 1. The van der Waals surface area contributed by atoms with Crippen molar-refractivity contribution < 1.29 is 4.84 Å². The van der Waals surface area contributed by atoms with Gasteiger partial charge in [-0.3, -0.25) is 4.79 Å². The number of fused-ring (bicyclic) bond motifs is 1. The Morgan fingerprint density at radius 2 is 2.00 bits per heavy atom. The summed E-state index contributed by atoms with van der Waals surface area (Å²) in [6, 6.07) is 9.80. The molecule has 0 radical (unpaired) electrons. The standard InChI is InChI=1S/C20H25N5O2/c1-4-5-10-27-25-19(26)11-18(17-13-21-14-23-20(17)25)22-12-15-6-8-16(9-7-15)24(2)3/h6-9,11,13-14,22H,4-5,10,12H2,1-3H3. The van der Waals surface area contributed by atoms with Crippen molar-refractivity contribution in [1.82, 2.24) is 14.7 Å². The molecule has 1 aromatic carbocycles. The van der Waals surface area contributed by atoms with Gasteiger partial charge in [0.25, 0.3) is 5.56 Å². The lowest BCUT2D eigenvalue weighted by Crippen LogP contribution is -2.28. The molecule has 142 valence electrons. The first-order valence-corrected chi connectivity index (χ1v) is 9.09. The second-order valence-electron chi connectivity index (χ2n) is 6.55. The summed E-state index contributed by atoms with van der Waals surface area (Å²) in [5.74, 6) is 0. The first kappa shape index (κ1) is 18.7. The number of aromatic nitrogens is 3. The van der Waals surface area contributed by atoms with Crippen molar-refractivity contribution in [3.63, 3.8) is 0 Å². The van der Waals surface area contributed by atoms with E-state index >= 15 is 0 Å². The number of unbranched alkanes of at least 4 members (excludes halogenated alkanes) is 1. The van der Waals surface area contributed by atoms with Gasteiger partial charge in [-0.05, 0) is 24.1 Å². The molecular weight excluding hydrogens is 342 g/mol. The fraction of sp³-hybridized carbons (Fsp3) is 0.350.